The number of halogens is 8. The summed E-state index contributed by atoms with van der Waals surface area (Å²) in [5, 5.41) is 0. The highest BCUT2D eigenvalue weighted by atomic mass is 19.4. The number of alkyl halides is 8. The van der Waals surface area contributed by atoms with Gasteiger partial charge in [-0.25, -0.2) is 0 Å². The first kappa shape index (κ1) is 12.2. The van der Waals surface area contributed by atoms with Gasteiger partial charge < -0.3 is 0 Å². The molecule has 0 aliphatic rings. The molecule has 0 bridgehead atoms. The van der Waals surface area contributed by atoms with Crippen molar-refractivity contribution < 1.29 is 35.1 Å². The van der Waals surface area contributed by atoms with E-state index in [-0.39, 0.29) is 0 Å². The maximum Gasteiger partial charge on any atom is 0.457 e. The van der Waals surface area contributed by atoms with Gasteiger partial charge in [0.15, 0.2) is 0 Å². The molecule has 0 radical (unpaired) electrons. The van der Waals surface area contributed by atoms with E-state index < -0.39 is 30.4 Å². The SMILES string of the molecule is FC(F)(F)/C=C\C(F)(F)C(F)(F)F. The predicted molar refractivity (Wildman–Crippen MR) is 26.2 cm³/mol. The van der Waals surface area contributed by atoms with Crippen molar-refractivity contribution in [3.8, 4) is 0 Å². The van der Waals surface area contributed by atoms with Gasteiger partial charge in [-0.15, -0.1) is 0 Å². The van der Waals surface area contributed by atoms with Crippen molar-refractivity contribution in [1.82, 2.24) is 0 Å². The van der Waals surface area contributed by atoms with Gasteiger partial charge >= 0.3 is 18.3 Å². The molecule has 0 rings (SSSR count). The van der Waals surface area contributed by atoms with Crippen LogP contribution in [0.2, 0.25) is 0 Å². The molecule has 0 spiro atoms. The zero-order valence-electron chi connectivity index (χ0n) is 5.68. The lowest BCUT2D eigenvalue weighted by Gasteiger charge is -2.15. The molecular weight excluding hydrogens is 212 g/mol. The van der Waals surface area contributed by atoms with E-state index in [1.807, 2.05) is 0 Å². The van der Waals surface area contributed by atoms with Crippen molar-refractivity contribution in [3.05, 3.63) is 12.2 Å². The Balaban J connectivity index is 4.62. The second kappa shape index (κ2) is 3.15. The molecule has 0 saturated heterocycles. The third-order valence-electron chi connectivity index (χ3n) is 0.860. The van der Waals surface area contributed by atoms with E-state index in [4.69, 9.17) is 0 Å². The molecule has 0 aliphatic heterocycles. The van der Waals surface area contributed by atoms with Gasteiger partial charge in [0, 0.05) is 6.08 Å². The highest BCUT2D eigenvalue weighted by Gasteiger charge is 2.55. The van der Waals surface area contributed by atoms with Crippen LogP contribution in [0.5, 0.6) is 0 Å². The molecule has 0 atom stereocenters. The third-order valence-corrected chi connectivity index (χ3v) is 0.860. The fourth-order valence-electron chi connectivity index (χ4n) is 0.294. The largest absolute Gasteiger partial charge is 0.457 e. The topological polar surface area (TPSA) is 0 Å². The van der Waals surface area contributed by atoms with Crippen LogP contribution in [-0.4, -0.2) is 18.3 Å². The predicted octanol–water partition coefficient (Wildman–Crippen LogP) is 3.30. The first-order chi connectivity index (χ1) is 5.46. The monoisotopic (exact) mass is 214 g/mol. The van der Waals surface area contributed by atoms with Crippen LogP contribution in [0.1, 0.15) is 0 Å². The minimum atomic E-state index is -6.01. The zero-order chi connectivity index (χ0) is 10.9. The van der Waals surface area contributed by atoms with Gasteiger partial charge in [0.2, 0.25) is 0 Å². The lowest BCUT2D eigenvalue weighted by molar-refractivity contribution is -0.259. The summed E-state index contributed by atoms with van der Waals surface area (Å²) in [6.45, 7) is 0. The molecule has 0 nitrogen and oxygen atoms in total. The van der Waals surface area contributed by atoms with Crippen LogP contribution in [0.3, 0.4) is 0 Å². The molecule has 0 aromatic rings. The summed E-state index contributed by atoms with van der Waals surface area (Å²) in [5.74, 6) is -5.46. The summed E-state index contributed by atoms with van der Waals surface area (Å²) in [7, 11) is 0. The number of rotatable bonds is 1. The summed E-state index contributed by atoms with van der Waals surface area (Å²) < 4.78 is 90.8. The molecule has 0 aromatic heterocycles. The number of allylic oxidation sites excluding steroid dienone is 2. The van der Waals surface area contributed by atoms with Crippen molar-refractivity contribution in [3.63, 3.8) is 0 Å². The Bertz CT molecular complexity index is 194. The maximum absolute atomic E-state index is 11.7. The highest BCUT2D eigenvalue weighted by Crippen LogP contribution is 2.37. The Kier molecular flexibility index (Phi) is 2.95. The van der Waals surface area contributed by atoms with Crippen LogP contribution >= 0.6 is 0 Å². The zero-order valence-corrected chi connectivity index (χ0v) is 5.68. The molecule has 78 valence electrons. The van der Waals surface area contributed by atoms with E-state index in [0.29, 0.717) is 0 Å². The van der Waals surface area contributed by atoms with E-state index in [9.17, 15) is 35.1 Å². The van der Waals surface area contributed by atoms with Crippen molar-refractivity contribution >= 4 is 0 Å². The molecule has 0 saturated carbocycles. The van der Waals surface area contributed by atoms with E-state index >= 15 is 0 Å². The molecule has 0 aliphatic carbocycles. The quantitative estimate of drug-likeness (QED) is 0.464. The maximum atomic E-state index is 11.7. The molecule has 13 heavy (non-hydrogen) atoms. The van der Waals surface area contributed by atoms with Gasteiger partial charge in [0.1, 0.15) is 0 Å². The molecule has 8 heteroatoms. The minimum Gasteiger partial charge on any atom is -0.192 e. The normalized spacial score (nSPS) is 15.4. The molecule has 0 fully saturated rings. The lowest BCUT2D eigenvalue weighted by Crippen LogP contribution is -2.34. The highest BCUT2D eigenvalue weighted by molar-refractivity contribution is 5.02. The number of hydrogen-bond acceptors (Lipinski definition) is 0. The van der Waals surface area contributed by atoms with Gasteiger partial charge in [-0.3, -0.25) is 0 Å². The Morgan fingerprint density at radius 3 is 1.23 bits per heavy atom. The minimum absolute atomic E-state index is 1.15. The van der Waals surface area contributed by atoms with Gasteiger partial charge in [0.25, 0.3) is 0 Å². The van der Waals surface area contributed by atoms with Crippen molar-refractivity contribution in [2.24, 2.45) is 0 Å². The molecule has 0 aromatic carbocycles. The van der Waals surface area contributed by atoms with Crippen LogP contribution < -0.4 is 0 Å². The van der Waals surface area contributed by atoms with Crippen molar-refractivity contribution in [2.75, 3.05) is 0 Å². The van der Waals surface area contributed by atoms with Crippen LogP contribution in [0.25, 0.3) is 0 Å². The third kappa shape index (κ3) is 4.09. The Hall–Kier alpha value is -0.820. The molecule has 0 amide bonds. The standard InChI is InChI=1S/C5H2F8/c6-3(7,5(11,12)13)1-2-4(8,9)10/h1-2H/b2-1-. The van der Waals surface area contributed by atoms with Crippen molar-refractivity contribution in [2.45, 2.75) is 18.3 Å². The summed E-state index contributed by atoms with van der Waals surface area (Å²) in [6, 6.07) is 0. The second-order valence-corrected chi connectivity index (χ2v) is 2.00. The van der Waals surface area contributed by atoms with E-state index in [1.54, 1.807) is 0 Å². The van der Waals surface area contributed by atoms with E-state index in [1.165, 1.54) is 0 Å². The Labute approximate surface area is 66.8 Å². The van der Waals surface area contributed by atoms with Gasteiger partial charge in [-0.2, -0.15) is 35.1 Å². The first-order valence-electron chi connectivity index (χ1n) is 2.67. The average molecular weight is 214 g/mol. The summed E-state index contributed by atoms with van der Waals surface area (Å²) >= 11 is 0. The summed E-state index contributed by atoms with van der Waals surface area (Å²) in [5.41, 5.74) is 0. The van der Waals surface area contributed by atoms with Crippen LogP contribution in [0, 0.1) is 0 Å². The van der Waals surface area contributed by atoms with Crippen LogP contribution in [0.15, 0.2) is 12.2 Å². The lowest BCUT2D eigenvalue weighted by atomic mass is 10.3. The van der Waals surface area contributed by atoms with Crippen LogP contribution in [-0.2, 0) is 0 Å². The van der Waals surface area contributed by atoms with E-state index in [2.05, 4.69) is 0 Å². The Morgan fingerprint density at radius 2 is 1.00 bits per heavy atom. The smallest absolute Gasteiger partial charge is 0.192 e. The fraction of sp³-hybridized carbons (Fsp3) is 0.600. The van der Waals surface area contributed by atoms with Gasteiger partial charge in [0.05, 0.1) is 0 Å². The van der Waals surface area contributed by atoms with Crippen molar-refractivity contribution in [1.29, 1.82) is 0 Å². The summed E-state index contributed by atoms with van der Waals surface area (Å²) in [4.78, 5) is 0. The van der Waals surface area contributed by atoms with E-state index in [0.717, 1.165) is 0 Å². The fourth-order valence-corrected chi connectivity index (χ4v) is 0.294. The summed E-state index contributed by atoms with van der Waals surface area (Å²) in [6.07, 6.45) is -13.6. The second-order valence-electron chi connectivity index (χ2n) is 2.00. The molecule has 0 N–H and O–H groups in total. The first-order valence-corrected chi connectivity index (χ1v) is 2.67. The average Bonchev–Trinajstić information content (AvgIpc) is 1.79. The molecular formula is C5H2F8. The molecule has 0 unspecified atom stereocenters. The molecule has 0 heterocycles. The van der Waals surface area contributed by atoms with Crippen LogP contribution in [0.4, 0.5) is 35.1 Å². The van der Waals surface area contributed by atoms with Gasteiger partial charge in [-0.1, -0.05) is 0 Å². The van der Waals surface area contributed by atoms with Gasteiger partial charge in [-0.05, 0) is 6.08 Å². The Morgan fingerprint density at radius 1 is 0.615 bits per heavy atom. The number of hydrogen-bond donors (Lipinski definition) is 0.